The zero-order valence-corrected chi connectivity index (χ0v) is 10.9. The molecular formula is C12H9Cl2NO3. The van der Waals surface area contributed by atoms with Gasteiger partial charge in [-0.3, -0.25) is 0 Å². The summed E-state index contributed by atoms with van der Waals surface area (Å²) in [4.78, 5) is 11.3. The van der Waals surface area contributed by atoms with Gasteiger partial charge < -0.3 is 9.63 Å². The summed E-state index contributed by atoms with van der Waals surface area (Å²) in [5.41, 5.74) is 0.545. The fraction of sp³-hybridized carbons (Fsp3) is 0.167. The van der Waals surface area contributed by atoms with Crippen molar-refractivity contribution in [2.24, 2.45) is 0 Å². The summed E-state index contributed by atoms with van der Waals surface area (Å²) in [7, 11) is 0. The van der Waals surface area contributed by atoms with E-state index in [1.165, 1.54) is 0 Å². The first-order chi connectivity index (χ1) is 8.56. The molecule has 18 heavy (non-hydrogen) atoms. The van der Waals surface area contributed by atoms with Crippen LogP contribution in [-0.2, 0) is 6.42 Å². The average molecular weight is 286 g/mol. The van der Waals surface area contributed by atoms with Gasteiger partial charge in [-0.2, -0.15) is 0 Å². The van der Waals surface area contributed by atoms with Crippen LogP contribution in [0, 0.1) is 0 Å². The minimum atomic E-state index is -1.11. The molecule has 0 aliphatic heterocycles. The van der Waals surface area contributed by atoms with Crippen molar-refractivity contribution >= 4 is 29.2 Å². The van der Waals surface area contributed by atoms with E-state index in [1.807, 2.05) is 0 Å². The first-order valence-electron chi connectivity index (χ1n) is 5.22. The van der Waals surface area contributed by atoms with Gasteiger partial charge in [-0.25, -0.2) is 4.79 Å². The first kappa shape index (κ1) is 12.9. The average Bonchev–Trinajstić information content (AvgIpc) is 2.72. The van der Waals surface area contributed by atoms with Gasteiger partial charge in [0.05, 0.1) is 10.0 Å². The number of halogens is 2. The van der Waals surface area contributed by atoms with Crippen LogP contribution in [0.3, 0.4) is 0 Å². The summed E-state index contributed by atoms with van der Waals surface area (Å²) in [6, 6.07) is 4.92. The Morgan fingerprint density at radius 2 is 2.00 bits per heavy atom. The largest absolute Gasteiger partial charge is 0.477 e. The molecule has 2 rings (SSSR count). The molecule has 0 atom stereocenters. The molecule has 0 unspecified atom stereocenters. The maximum atomic E-state index is 11.3. The zero-order valence-electron chi connectivity index (χ0n) is 9.41. The second kappa shape index (κ2) is 5.00. The van der Waals surface area contributed by atoms with Crippen LogP contribution in [0.5, 0.6) is 0 Å². The number of carboxylic acid groups (broad SMARTS) is 1. The summed E-state index contributed by atoms with van der Waals surface area (Å²) >= 11 is 12.1. The number of hydrogen-bond acceptors (Lipinski definition) is 3. The molecule has 0 aliphatic rings. The Labute approximate surface area is 113 Å². The Balaban J connectivity index is 2.72. The second-order valence-electron chi connectivity index (χ2n) is 3.58. The lowest BCUT2D eigenvalue weighted by Crippen LogP contribution is -2.01. The van der Waals surface area contributed by atoms with Crippen molar-refractivity contribution in [1.82, 2.24) is 5.16 Å². The van der Waals surface area contributed by atoms with Gasteiger partial charge in [-0.05, 0) is 12.1 Å². The van der Waals surface area contributed by atoms with Crippen LogP contribution in [0.25, 0.3) is 11.3 Å². The SMILES string of the molecule is CCc1onc(-c2c(Cl)cccc2Cl)c1C(=O)O. The minimum Gasteiger partial charge on any atom is -0.477 e. The van der Waals surface area contributed by atoms with E-state index in [2.05, 4.69) is 5.16 Å². The van der Waals surface area contributed by atoms with Crippen molar-refractivity contribution in [3.05, 3.63) is 39.6 Å². The summed E-state index contributed by atoms with van der Waals surface area (Å²) in [5.74, 6) is -0.812. The van der Waals surface area contributed by atoms with Gasteiger partial charge in [0.15, 0.2) is 5.76 Å². The molecule has 0 radical (unpaired) electrons. The lowest BCUT2D eigenvalue weighted by molar-refractivity contribution is 0.0695. The molecule has 1 aromatic heterocycles. The van der Waals surface area contributed by atoms with Crippen molar-refractivity contribution in [2.45, 2.75) is 13.3 Å². The Kier molecular flexibility index (Phi) is 3.59. The Morgan fingerprint density at radius 3 is 2.50 bits per heavy atom. The van der Waals surface area contributed by atoms with Crippen LogP contribution in [0.4, 0.5) is 0 Å². The summed E-state index contributed by atoms with van der Waals surface area (Å²) in [5, 5.41) is 13.7. The lowest BCUT2D eigenvalue weighted by Gasteiger charge is -2.04. The fourth-order valence-corrected chi connectivity index (χ4v) is 2.26. The van der Waals surface area contributed by atoms with Crippen LogP contribution >= 0.6 is 23.2 Å². The van der Waals surface area contributed by atoms with Gasteiger partial charge in [0, 0.05) is 12.0 Å². The number of benzene rings is 1. The van der Waals surface area contributed by atoms with Gasteiger partial charge in [0.25, 0.3) is 0 Å². The maximum Gasteiger partial charge on any atom is 0.341 e. The molecule has 0 amide bonds. The number of carbonyl (C=O) groups is 1. The highest BCUT2D eigenvalue weighted by atomic mass is 35.5. The molecule has 0 saturated carbocycles. The molecule has 1 aromatic carbocycles. The van der Waals surface area contributed by atoms with E-state index < -0.39 is 5.97 Å². The van der Waals surface area contributed by atoms with Gasteiger partial charge in [-0.15, -0.1) is 0 Å². The van der Waals surface area contributed by atoms with E-state index in [0.717, 1.165) is 0 Å². The normalized spacial score (nSPS) is 10.6. The van der Waals surface area contributed by atoms with E-state index >= 15 is 0 Å². The third kappa shape index (κ3) is 2.09. The monoisotopic (exact) mass is 285 g/mol. The molecule has 6 heteroatoms. The van der Waals surface area contributed by atoms with Gasteiger partial charge >= 0.3 is 5.97 Å². The van der Waals surface area contributed by atoms with Crippen LogP contribution in [0.15, 0.2) is 22.7 Å². The first-order valence-corrected chi connectivity index (χ1v) is 5.98. The molecular weight excluding hydrogens is 277 g/mol. The Morgan fingerprint density at radius 1 is 1.39 bits per heavy atom. The van der Waals surface area contributed by atoms with Crippen LogP contribution in [0.1, 0.15) is 23.0 Å². The number of aromatic nitrogens is 1. The molecule has 0 fully saturated rings. The highest BCUT2D eigenvalue weighted by molar-refractivity contribution is 6.39. The highest BCUT2D eigenvalue weighted by Gasteiger charge is 2.25. The quantitative estimate of drug-likeness (QED) is 0.929. The molecule has 0 saturated heterocycles. The third-order valence-electron chi connectivity index (χ3n) is 2.50. The van der Waals surface area contributed by atoms with Crippen molar-refractivity contribution in [2.75, 3.05) is 0 Å². The second-order valence-corrected chi connectivity index (χ2v) is 4.40. The van der Waals surface area contributed by atoms with E-state index in [-0.39, 0.29) is 11.3 Å². The lowest BCUT2D eigenvalue weighted by atomic mass is 10.1. The summed E-state index contributed by atoms with van der Waals surface area (Å²) in [6.45, 7) is 1.78. The maximum absolute atomic E-state index is 11.3. The van der Waals surface area contributed by atoms with Crippen LogP contribution in [0.2, 0.25) is 10.0 Å². The van der Waals surface area contributed by atoms with Crippen LogP contribution in [-0.4, -0.2) is 16.2 Å². The third-order valence-corrected chi connectivity index (χ3v) is 3.13. The van der Waals surface area contributed by atoms with E-state index in [1.54, 1.807) is 25.1 Å². The number of hydrogen-bond donors (Lipinski definition) is 1. The predicted octanol–water partition coefficient (Wildman–Crippen LogP) is 3.91. The molecule has 94 valence electrons. The molecule has 4 nitrogen and oxygen atoms in total. The summed E-state index contributed by atoms with van der Waals surface area (Å²) < 4.78 is 5.02. The number of nitrogens with zero attached hydrogens (tertiary/aromatic N) is 1. The molecule has 2 aromatic rings. The zero-order chi connectivity index (χ0) is 13.3. The van der Waals surface area contributed by atoms with Gasteiger partial charge in [0.2, 0.25) is 0 Å². The molecule has 0 aliphatic carbocycles. The highest BCUT2D eigenvalue weighted by Crippen LogP contribution is 2.36. The molecule has 0 bridgehead atoms. The smallest absolute Gasteiger partial charge is 0.341 e. The standard InChI is InChI=1S/C12H9Cl2NO3/c1-2-8-10(12(16)17)11(15-18-8)9-6(13)4-3-5-7(9)14/h3-5H,2H2,1H3,(H,16,17). The van der Waals surface area contributed by atoms with Crippen LogP contribution < -0.4 is 0 Å². The number of aromatic carboxylic acids is 1. The number of rotatable bonds is 3. The van der Waals surface area contributed by atoms with E-state index in [9.17, 15) is 9.90 Å². The van der Waals surface area contributed by atoms with Crippen molar-refractivity contribution in [1.29, 1.82) is 0 Å². The van der Waals surface area contributed by atoms with Crippen molar-refractivity contribution in [3.63, 3.8) is 0 Å². The summed E-state index contributed by atoms with van der Waals surface area (Å²) in [6.07, 6.45) is 0.427. The molecule has 1 N–H and O–H groups in total. The molecule has 1 heterocycles. The Bertz CT molecular complexity index is 587. The van der Waals surface area contributed by atoms with Gasteiger partial charge in [-0.1, -0.05) is 41.3 Å². The van der Waals surface area contributed by atoms with E-state index in [4.69, 9.17) is 27.7 Å². The van der Waals surface area contributed by atoms with Crippen molar-refractivity contribution < 1.29 is 14.4 Å². The molecule has 0 spiro atoms. The van der Waals surface area contributed by atoms with Crippen molar-refractivity contribution in [3.8, 4) is 11.3 Å². The minimum absolute atomic E-state index is 0.00694. The number of carboxylic acids is 1. The topological polar surface area (TPSA) is 63.3 Å². The predicted molar refractivity (Wildman–Crippen MR) is 68.3 cm³/mol. The Hall–Kier alpha value is -1.52. The fourth-order valence-electron chi connectivity index (χ4n) is 1.68. The number of aryl methyl sites for hydroxylation is 1. The van der Waals surface area contributed by atoms with Gasteiger partial charge in [0.1, 0.15) is 11.3 Å². The van der Waals surface area contributed by atoms with E-state index in [0.29, 0.717) is 27.8 Å².